The maximum Gasteiger partial charge on any atom is 0.255 e. The third kappa shape index (κ3) is 3.81. The number of hydrogen-bond donors (Lipinski definition) is 2. The van der Waals surface area contributed by atoms with Gasteiger partial charge in [0.15, 0.2) is 0 Å². The Morgan fingerprint density at radius 2 is 1.21 bits per heavy atom. The Bertz CT molecular complexity index is 998. The van der Waals surface area contributed by atoms with Crippen molar-refractivity contribution in [2.45, 2.75) is 25.7 Å². The molecule has 0 aliphatic heterocycles. The van der Waals surface area contributed by atoms with Crippen LogP contribution in [0.25, 0.3) is 0 Å². The molecule has 28 heavy (non-hydrogen) atoms. The summed E-state index contributed by atoms with van der Waals surface area (Å²) in [6.45, 7) is 0. The molecule has 1 aliphatic carbocycles. The number of nitrogens with one attached hydrogen (secondary N) is 2. The molecule has 0 saturated carbocycles. The largest absolute Gasteiger partial charge is 0.320 e. The molecule has 0 radical (unpaired) electrons. The van der Waals surface area contributed by atoms with Crippen molar-refractivity contribution in [1.82, 2.24) is 0 Å². The molecule has 0 bridgehead atoms. The van der Waals surface area contributed by atoms with Gasteiger partial charge in [-0.15, -0.1) is 0 Å². The number of anilines is 2. The zero-order valence-corrected chi connectivity index (χ0v) is 15.6. The molecule has 0 aromatic heterocycles. The van der Waals surface area contributed by atoms with Gasteiger partial charge in [0, 0.05) is 11.1 Å². The van der Waals surface area contributed by atoms with Gasteiger partial charge in [-0.2, -0.15) is 0 Å². The third-order valence-electron chi connectivity index (χ3n) is 5.09. The maximum atomic E-state index is 12.8. The zero-order chi connectivity index (χ0) is 19.3. The van der Waals surface area contributed by atoms with Crippen LogP contribution in [-0.4, -0.2) is 11.8 Å². The summed E-state index contributed by atoms with van der Waals surface area (Å²) < 4.78 is 0. The highest BCUT2D eigenvalue weighted by Gasteiger charge is 2.20. The quantitative estimate of drug-likeness (QED) is 0.674. The lowest BCUT2D eigenvalue weighted by Gasteiger charge is -2.23. The first-order valence-electron chi connectivity index (χ1n) is 9.60. The summed E-state index contributed by atoms with van der Waals surface area (Å²) >= 11 is 0. The van der Waals surface area contributed by atoms with Crippen molar-refractivity contribution in [3.05, 3.63) is 95.1 Å². The lowest BCUT2D eigenvalue weighted by atomic mass is 9.89. The monoisotopic (exact) mass is 370 g/mol. The molecule has 0 atom stereocenters. The van der Waals surface area contributed by atoms with Gasteiger partial charge in [-0.3, -0.25) is 9.59 Å². The molecule has 3 aromatic carbocycles. The maximum absolute atomic E-state index is 12.8. The minimum atomic E-state index is -0.188. The molecule has 4 rings (SSSR count). The molecule has 0 heterocycles. The molecule has 0 fully saturated rings. The van der Waals surface area contributed by atoms with E-state index >= 15 is 0 Å². The van der Waals surface area contributed by atoms with Crippen molar-refractivity contribution in [3.8, 4) is 0 Å². The van der Waals surface area contributed by atoms with Crippen LogP contribution < -0.4 is 10.6 Å². The fourth-order valence-corrected chi connectivity index (χ4v) is 3.63. The zero-order valence-electron chi connectivity index (χ0n) is 15.6. The minimum Gasteiger partial charge on any atom is -0.320 e. The molecule has 0 spiro atoms. The highest BCUT2D eigenvalue weighted by Crippen LogP contribution is 2.35. The lowest BCUT2D eigenvalue weighted by molar-refractivity contribution is 0.101. The third-order valence-corrected chi connectivity index (χ3v) is 5.09. The molecular weight excluding hydrogens is 348 g/mol. The lowest BCUT2D eigenvalue weighted by Crippen LogP contribution is -2.19. The molecule has 4 heteroatoms. The summed E-state index contributed by atoms with van der Waals surface area (Å²) in [6.07, 6.45) is 4.12. The molecule has 140 valence electrons. The van der Waals surface area contributed by atoms with E-state index in [4.69, 9.17) is 0 Å². The Hall–Kier alpha value is -3.40. The molecule has 1 aliphatic rings. The minimum absolute atomic E-state index is 0.171. The average Bonchev–Trinajstić information content (AvgIpc) is 2.76. The summed E-state index contributed by atoms with van der Waals surface area (Å²) in [5.74, 6) is -0.360. The number of benzene rings is 3. The molecule has 4 nitrogen and oxygen atoms in total. The number of amides is 2. The van der Waals surface area contributed by atoms with Crippen molar-refractivity contribution in [3.63, 3.8) is 0 Å². The summed E-state index contributed by atoms with van der Waals surface area (Å²) in [7, 11) is 0. The predicted octanol–water partition coefficient (Wildman–Crippen LogP) is 5.07. The number of rotatable bonds is 4. The van der Waals surface area contributed by atoms with Crippen molar-refractivity contribution in [2.24, 2.45) is 0 Å². The smallest absolute Gasteiger partial charge is 0.255 e. The first kappa shape index (κ1) is 18.0. The number of aryl methyl sites for hydroxylation is 1. The number of carbonyl (C=O) groups is 2. The second kappa shape index (κ2) is 8.09. The van der Waals surface area contributed by atoms with Crippen molar-refractivity contribution < 1.29 is 9.59 Å². The number of fused-ring (bicyclic) bond motifs is 1. The Balaban J connectivity index is 1.68. The van der Waals surface area contributed by atoms with Crippen molar-refractivity contribution in [2.75, 3.05) is 10.6 Å². The van der Waals surface area contributed by atoms with Gasteiger partial charge in [0.2, 0.25) is 0 Å². The van der Waals surface area contributed by atoms with Gasteiger partial charge in [-0.05, 0) is 67.1 Å². The topological polar surface area (TPSA) is 58.2 Å². The van der Waals surface area contributed by atoms with Gasteiger partial charge in [-0.1, -0.05) is 42.5 Å². The van der Waals surface area contributed by atoms with Crippen LogP contribution in [0.2, 0.25) is 0 Å². The standard InChI is InChI=1S/C24H22N2O2/c27-23(18-10-3-1-4-11-18)25-21-16-15-17-9-7-8-14-20(17)22(21)26-24(28)19-12-5-2-6-13-19/h1-6,10-13,15-16H,7-9,14H2,(H,25,27)(H,26,28). The van der Waals surface area contributed by atoms with E-state index in [1.807, 2.05) is 42.5 Å². The van der Waals surface area contributed by atoms with Gasteiger partial charge >= 0.3 is 0 Å². The Labute approximate surface area is 164 Å². The Morgan fingerprint density at radius 1 is 0.643 bits per heavy atom. The fourth-order valence-electron chi connectivity index (χ4n) is 3.63. The van der Waals surface area contributed by atoms with Crippen LogP contribution in [0.1, 0.15) is 44.7 Å². The first-order valence-corrected chi connectivity index (χ1v) is 9.60. The summed E-state index contributed by atoms with van der Waals surface area (Å²) in [5, 5.41) is 6.04. The van der Waals surface area contributed by atoms with E-state index in [1.54, 1.807) is 24.3 Å². The van der Waals surface area contributed by atoms with Crippen LogP contribution in [0.5, 0.6) is 0 Å². The highest BCUT2D eigenvalue weighted by molar-refractivity contribution is 6.10. The Kier molecular flexibility index (Phi) is 5.20. The van der Waals surface area contributed by atoms with E-state index in [0.717, 1.165) is 36.9 Å². The van der Waals surface area contributed by atoms with Gasteiger partial charge in [0.1, 0.15) is 0 Å². The van der Waals surface area contributed by atoms with Crippen LogP contribution in [0.4, 0.5) is 11.4 Å². The SMILES string of the molecule is O=C(Nc1ccc2c(c1NC(=O)c1ccccc1)CCCC2)c1ccccc1. The van der Waals surface area contributed by atoms with E-state index in [9.17, 15) is 9.59 Å². The van der Waals surface area contributed by atoms with Crippen LogP contribution in [0, 0.1) is 0 Å². The van der Waals surface area contributed by atoms with E-state index in [2.05, 4.69) is 16.7 Å². The van der Waals surface area contributed by atoms with Crippen LogP contribution >= 0.6 is 0 Å². The second-order valence-corrected chi connectivity index (χ2v) is 6.97. The molecule has 3 aromatic rings. The van der Waals surface area contributed by atoms with Gasteiger partial charge in [-0.25, -0.2) is 0 Å². The van der Waals surface area contributed by atoms with Gasteiger partial charge in [0.25, 0.3) is 11.8 Å². The number of hydrogen-bond acceptors (Lipinski definition) is 2. The summed E-state index contributed by atoms with van der Waals surface area (Å²) in [6, 6.07) is 22.2. The van der Waals surface area contributed by atoms with Crippen LogP contribution in [0.15, 0.2) is 72.8 Å². The molecule has 2 amide bonds. The molecule has 2 N–H and O–H groups in total. The highest BCUT2D eigenvalue weighted by atomic mass is 16.2. The van der Waals surface area contributed by atoms with E-state index in [-0.39, 0.29) is 11.8 Å². The van der Waals surface area contributed by atoms with E-state index in [1.165, 1.54) is 5.56 Å². The normalized spacial score (nSPS) is 12.7. The summed E-state index contributed by atoms with van der Waals surface area (Å²) in [5.41, 5.74) is 4.90. The van der Waals surface area contributed by atoms with Crippen LogP contribution in [-0.2, 0) is 12.8 Å². The van der Waals surface area contributed by atoms with E-state index in [0.29, 0.717) is 16.8 Å². The first-order chi connectivity index (χ1) is 13.7. The number of carbonyl (C=O) groups excluding carboxylic acids is 2. The van der Waals surface area contributed by atoms with Crippen molar-refractivity contribution >= 4 is 23.2 Å². The predicted molar refractivity (Wildman–Crippen MR) is 112 cm³/mol. The van der Waals surface area contributed by atoms with Crippen molar-refractivity contribution in [1.29, 1.82) is 0 Å². The summed E-state index contributed by atoms with van der Waals surface area (Å²) in [4.78, 5) is 25.5. The second-order valence-electron chi connectivity index (χ2n) is 6.97. The molecule has 0 saturated heterocycles. The molecular formula is C24H22N2O2. The van der Waals surface area contributed by atoms with Crippen LogP contribution in [0.3, 0.4) is 0 Å². The fraction of sp³-hybridized carbons (Fsp3) is 0.167. The molecule has 0 unspecified atom stereocenters. The van der Waals surface area contributed by atoms with Gasteiger partial charge in [0.05, 0.1) is 11.4 Å². The van der Waals surface area contributed by atoms with Gasteiger partial charge < -0.3 is 10.6 Å². The Morgan fingerprint density at radius 3 is 1.86 bits per heavy atom. The van der Waals surface area contributed by atoms with E-state index < -0.39 is 0 Å². The average molecular weight is 370 g/mol.